The predicted octanol–water partition coefficient (Wildman–Crippen LogP) is 1.84. The molecule has 1 aliphatic carbocycles. The first-order valence-corrected chi connectivity index (χ1v) is 11.2. The lowest BCUT2D eigenvalue weighted by Crippen LogP contribution is -2.54. The third-order valence-corrected chi connectivity index (χ3v) is 6.90. The molecule has 3 N–H and O–H groups in total. The van der Waals surface area contributed by atoms with Crippen molar-refractivity contribution in [2.45, 2.75) is 57.3 Å². The Kier molecular flexibility index (Phi) is 6.17. The molecule has 1 saturated carbocycles. The van der Waals surface area contributed by atoms with E-state index in [2.05, 4.69) is 27.1 Å². The number of hydrazine groups is 1. The first-order chi connectivity index (χ1) is 14.9. The SMILES string of the molecule is Cc1cc(NC2NN([C@H]3CCCC[C@@H]3C#N)C3CCNC(=O)C23)ccc1C(=O)N(C)C. The first-order valence-electron chi connectivity index (χ1n) is 11.2. The van der Waals surface area contributed by atoms with E-state index in [0.29, 0.717) is 12.1 Å². The number of hydrogen-bond donors (Lipinski definition) is 3. The van der Waals surface area contributed by atoms with Crippen molar-refractivity contribution in [3.8, 4) is 6.07 Å². The summed E-state index contributed by atoms with van der Waals surface area (Å²) in [6.07, 6.45) is 4.71. The normalized spacial score (nSPS) is 30.8. The van der Waals surface area contributed by atoms with Crippen molar-refractivity contribution in [3.63, 3.8) is 0 Å². The standard InChI is InChI=1S/C23H32N6O2/c1-14-12-16(8-9-17(14)23(31)28(2)3)26-21-20-19(10-11-25-22(20)30)29(27-21)18-7-5-4-6-15(18)13-24/h8-9,12,15,18-21,26-27H,4-7,10-11H2,1-3H3,(H,25,30)/t15-,18+,19?,20?,21?/m1/s1. The monoisotopic (exact) mass is 424 g/mol. The van der Waals surface area contributed by atoms with Crippen molar-refractivity contribution < 1.29 is 9.59 Å². The van der Waals surface area contributed by atoms with Crippen LogP contribution in [0.1, 0.15) is 48.0 Å². The van der Waals surface area contributed by atoms with Gasteiger partial charge in [-0.15, -0.1) is 0 Å². The summed E-state index contributed by atoms with van der Waals surface area (Å²) in [5, 5.41) is 18.4. The maximum absolute atomic E-state index is 12.8. The number of aryl methyl sites for hydroxylation is 1. The van der Waals surface area contributed by atoms with Crippen molar-refractivity contribution in [2.24, 2.45) is 11.8 Å². The molecule has 3 unspecified atom stereocenters. The molecule has 1 aromatic carbocycles. The molecule has 2 aliphatic heterocycles. The van der Waals surface area contributed by atoms with Gasteiger partial charge >= 0.3 is 0 Å². The average molecular weight is 425 g/mol. The highest BCUT2D eigenvalue weighted by atomic mass is 16.2. The molecule has 2 amide bonds. The van der Waals surface area contributed by atoms with Gasteiger partial charge in [0.05, 0.1) is 17.9 Å². The molecule has 0 spiro atoms. The highest BCUT2D eigenvalue weighted by molar-refractivity contribution is 5.95. The number of nitriles is 1. The topological polar surface area (TPSA) is 100 Å². The zero-order valence-electron chi connectivity index (χ0n) is 18.5. The number of rotatable bonds is 4. The van der Waals surface area contributed by atoms with Crippen LogP contribution < -0.4 is 16.1 Å². The van der Waals surface area contributed by atoms with Gasteiger partial charge in [-0.1, -0.05) is 12.8 Å². The number of amides is 2. The maximum Gasteiger partial charge on any atom is 0.253 e. The minimum atomic E-state index is -0.263. The lowest BCUT2D eigenvalue weighted by molar-refractivity contribution is -0.128. The highest BCUT2D eigenvalue weighted by Gasteiger charge is 2.51. The van der Waals surface area contributed by atoms with E-state index in [1.165, 1.54) is 0 Å². The van der Waals surface area contributed by atoms with E-state index >= 15 is 0 Å². The molecule has 8 heteroatoms. The summed E-state index contributed by atoms with van der Waals surface area (Å²) in [6.45, 7) is 2.58. The Labute approximate surface area is 183 Å². The summed E-state index contributed by atoms with van der Waals surface area (Å²) >= 11 is 0. The molecule has 0 bridgehead atoms. The van der Waals surface area contributed by atoms with Crippen molar-refractivity contribution >= 4 is 17.5 Å². The van der Waals surface area contributed by atoms with Gasteiger partial charge in [0, 0.05) is 44.0 Å². The van der Waals surface area contributed by atoms with E-state index in [1.807, 2.05) is 25.1 Å². The van der Waals surface area contributed by atoms with Crippen LogP contribution in [0.15, 0.2) is 18.2 Å². The van der Waals surface area contributed by atoms with Crippen LogP contribution >= 0.6 is 0 Å². The molecule has 2 heterocycles. The molecule has 1 aromatic rings. The lowest BCUT2D eigenvalue weighted by atomic mass is 9.83. The largest absolute Gasteiger partial charge is 0.368 e. The number of carbonyl (C=O) groups is 2. The van der Waals surface area contributed by atoms with Crippen molar-refractivity contribution in [1.29, 1.82) is 5.26 Å². The molecular formula is C23H32N6O2. The molecule has 8 nitrogen and oxygen atoms in total. The Morgan fingerprint density at radius 2 is 2.00 bits per heavy atom. The van der Waals surface area contributed by atoms with Crippen molar-refractivity contribution in [1.82, 2.24) is 20.7 Å². The van der Waals surface area contributed by atoms with Crippen molar-refractivity contribution in [3.05, 3.63) is 29.3 Å². The number of benzene rings is 1. The summed E-state index contributed by atoms with van der Waals surface area (Å²) in [7, 11) is 3.49. The summed E-state index contributed by atoms with van der Waals surface area (Å²) in [5.41, 5.74) is 5.98. The highest BCUT2D eigenvalue weighted by Crippen LogP contribution is 2.36. The molecule has 3 aliphatic rings. The van der Waals surface area contributed by atoms with Gasteiger partial charge in [0.2, 0.25) is 5.91 Å². The number of anilines is 1. The Hall–Kier alpha value is -2.63. The molecule has 0 aromatic heterocycles. The van der Waals surface area contributed by atoms with E-state index in [1.54, 1.807) is 19.0 Å². The van der Waals surface area contributed by atoms with E-state index in [-0.39, 0.29) is 41.9 Å². The molecule has 4 rings (SSSR count). The van der Waals surface area contributed by atoms with Gasteiger partial charge in [-0.3, -0.25) is 9.59 Å². The third kappa shape index (κ3) is 4.12. The quantitative estimate of drug-likeness (QED) is 0.682. The summed E-state index contributed by atoms with van der Waals surface area (Å²) in [4.78, 5) is 26.7. The Morgan fingerprint density at radius 1 is 1.23 bits per heavy atom. The fraction of sp³-hybridized carbons (Fsp3) is 0.609. The molecule has 0 radical (unpaired) electrons. The lowest BCUT2D eigenvalue weighted by Gasteiger charge is -2.39. The number of nitrogens with zero attached hydrogens (tertiary/aromatic N) is 3. The minimum Gasteiger partial charge on any atom is -0.368 e. The Morgan fingerprint density at radius 3 is 2.71 bits per heavy atom. The van der Waals surface area contributed by atoms with Gasteiger partial charge in [0.1, 0.15) is 6.17 Å². The van der Waals surface area contributed by atoms with Crippen LogP contribution in [0.4, 0.5) is 5.69 Å². The third-order valence-electron chi connectivity index (χ3n) is 6.90. The van der Waals surface area contributed by atoms with E-state index in [0.717, 1.165) is 43.4 Å². The molecule has 2 saturated heterocycles. The Bertz CT molecular complexity index is 895. The van der Waals surface area contributed by atoms with Crippen LogP contribution in [0.5, 0.6) is 0 Å². The number of hydrogen-bond acceptors (Lipinski definition) is 6. The van der Waals surface area contributed by atoms with E-state index < -0.39 is 0 Å². The number of carbonyl (C=O) groups excluding carboxylic acids is 2. The van der Waals surface area contributed by atoms with Gasteiger partial charge in [-0.2, -0.15) is 5.26 Å². The predicted molar refractivity (Wildman–Crippen MR) is 118 cm³/mol. The summed E-state index contributed by atoms with van der Waals surface area (Å²) in [5.74, 6) is -0.229. The van der Waals surface area contributed by atoms with Gasteiger partial charge in [-0.25, -0.2) is 10.4 Å². The second kappa shape index (κ2) is 8.85. The summed E-state index contributed by atoms with van der Waals surface area (Å²) < 4.78 is 0. The van der Waals surface area contributed by atoms with Gasteiger partial charge in [-0.05, 0) is 49.9 Å². The molecule has 31 heavy (non-hydrogen) atoms. The molecule has 3 fully saturated rings. The number of piperidine rings is 1. The maximum atomic E-state index is 12.8. The van der Waals surface area contributed by atoms with Crippen LogP contribution in [-0.4, -0.2) is 60.6 Å². The minimum absolute atomic E-state index is 0.00999. The smallest absolute Gasteiger partial charge is 0.253 e. The molecule has 166 valence electrons. The van der Waals surface area contributed by atoms with Crippen LogP contribution in [0.25, 0.3) is 0 Å². The Balaban J connectivity index is 1.56. The van der Waals surface area contributed by atoms with Gasteiger partial charge in [0.25, 0.3) is 5.91 Å². The van der Waals surface area contributed by atoms with E-state index in [9.17, 15) is 14.9 Å². The fourth-order valence-electron chi connectivity index (χ4n) is 5.31. The molecule has 5 atom stereocenters. The molecular weight excluding hydrogens is 392 g/mol. The number of fused-ring (bicyclic) bond motifs is 1. The number of nitrogens with one attached hydrogen (secondary N) is 3. The van der Waals surface area contributed by atoms with Gasteiger partial charge in [0.15, 0.2) is 0 Å². The second-order valence-electron chi connectivity index (χ2n) is 9.15. The van der Waals surface area contributed by atoms with Crippen LogP contribution in [0, 0.1) is 30.1 Å². The van der Waals surface area contributed by atoms with Gasteiger partial charge < -0.3 is 15.5 Å². The summed E-state index contributed by atoms with van der Waals surface area (Å²) in [6, 6.07) is 8.37. The van der Waals surface area contributed by atoms with Crippen LogP contribution in [0.3, 0.4) is 0 Å². The fourth-order valence-corrected chi connectivity index (χ4v) is 5.31. The zero-order valence-corrected chi connectivity index (χ0v) is 18.5. The van der Waals surface area contributed by atoms with E-state index in [4.69, 9.17) is 0 Å². The van der Waals surface area contributed by atoms with Crippen LogP contribution in [0.2, 0.25) is 0 Å². The second-order valence-corrected chi connectivity index (χ2v) is 9.15. The first kappa shape index (κ1) is 21.6. The van der Waals surface area contributed by atoms with Crippen LogP contribution in [-0.2, 0) is 4.79 Å². The zero-order chi connectivity index (χ0) is 22.1. The average Bonchev–Trinajstić information content (AvgIpc) is 3.12. The van der Waals surface area contributed by atoms with Crippen molar-refractivity contribution in [2.75, 3.05) is 26.0 Å².